The van der Waals surface area contributed by atoms with Crippen LogP contribution in [0.25, 0.3) is 0 Å². The smallest absolute Gasteiger partial charge is 0.265 e. The van der Waals surface area contributed by atoms with E-state index in [0.717, 1.165) is 0 Å². The van der Waals surface area contributed by atoms with Gasteiger partial charge in [0.15, 0.2) is 0 Å². The first-order valence-corrected chi connectivity index (χ1v) is 4.14. The van der Waals surface area contributed by atoms with Crippen LogP contribution in [0.2, 0.25) is 0 Å². The average Bonchev–Trinajstić information content (AvgIpc) is 2.14. The van der Waals surface area contributed by atoms with Crippen LogP contribution in [-0.2, 0) is 0 Å². The molecule has 1 aromatic carbocycles. The van der Waals surface area contributed by atoms with Gasteiger partial charge in [-0.2, -0.15) is 13.2 Å². The summed E-state index contributed by atoms with van der Waals surface area (Å²) in [5.41, 5.74) is -0.0818. The van der Waals surface area contributed by atoms with Gasteiger partial charge in [0.05, 0.1) is 0 Å². The van der Waals surface area contributed by atoms with Crippen LogP contribution in [0.1, 0.15) is 11.5 Å². The maximum Gasteiger partial charge on any atom is 0.402 e. The zero-order chi connectivity index (χ0) is 11.5. The molecule has 0 heterocycles. The summed E-state index contributed by atoms with van der Waals surface area (Å²) in [6, 6.07) is 6.88. The van der Waals surface area contributed by atoms with E-state index in [1.807, 2.05) is 0 Å². The number of nitrogens with zero attached hydrogens (tertiary/aromatic N) is 1. The first-order chi connectivity index (χ1) is 6.91. The molecule has 0 aliphatic heterocycles. The second kappa shape index (κ2) is 4.29. The Morgan fingerprint density at radius 3 is 2.20 bits per heavy atom. The summed E-state index contributed by atoms with van der Waals surface area (Å²) >= 11 is 0. The van der Waals surface area contributed by atoms with Gasteiger partial charge < -0.3 is 0 Å². The van der Waals surface area contributed by atoms with Crippen LogP contribution in [0.3, 0.4) is 0 Å². The van der Waals surface area contributed by atoms with Gasteiger partial charge in [-0.25, -0.2) is 0 Å². The zero-order valence-corrected chi connectivity index (χ0v) is 7.57. The molecular weight excluding hydrogens is 211 g/mol. The minimum atomic E-state index is -4.59. The van der Waals surface area contributed by atoms with Gasteiger partial charge in [0.2, 0.25) is 6.54 Å². The fourth-order valence-corrected chi connectivity index (χ4v) is 1.23. The molecule has 3 nitrogen and oxygen atoms in total. The lowest BCUT2D eigenvalue weighted by Crippen LogP contribution is -2.27. The van der Waals surface area contributed by atoms with E-state index in [0.29, 0.717) is 0 Å². The number of nitro groups is 1. The van der Waals surface area contributed by atoms with Crippen LogP contribution < -0.4 is 0 Å². The number of benzene rings is 1. The highest BCUT2D eigenvalue weighted by Crippen LogP contribution is 2.34. The second-order valence-electron chi connectivity index (χ2n) is 3.02. The van der Waals surface area contributed by atoms with Crippen LogP contribution >= 0.6 is 0 Å². The summed E-state index contributed by atoms with van der Waals surface area (Å²) in [6.07, 6.45) is -4.59. The van der Waals surface area contributed by atoms with E-state index in [-0.39, 0.29) is 5.56 Å². The minimum absolute atomic E-state index is 0.0818. The van der Waals surface area contributed by atoms with Crippen molar-refractivity contribution in [1.29, 1.82) is 0 Å². The molecule has 0 spiro atoms. The number of halogens is 3. The predicted octanol–water partition coefficient (Wildman–Crippen LogP) is 2.61. The van der Waals surface area contributed by atoms with Crippen LogP contribution in [-0.4, -0.2) is 17.6 Å². The first-order valence-electron chi connectivity index (χ1n) is 4.14. The molecule has 0 amide bonds. The third-order valence-corrected chi connectivity index (χ3v) is 1.93. The fourth-order valence-electron chi connectivity index (χ4n) is 1.23. The Morgan fingerprint density at radius 1 is 1.27 bits per heavy atom. The van der Waals surface area contributed by atoms with Gasteiger partial charge >= 0.3 is 6.18 Å². The topological polar surface area (TPSA) is 43.1 Å². The van der Waals surface area contributed by atoms with Crippen molar-refractivity contribution in [3.8, 4) is 0 Å². The Labute approximate surface area is 83.7 Å². The molecule has 0 radical (unpaired) electrons. The van der Waals surface area contributed by atoms with Crippen molar-refractivity contribution in [2.75, 3.05) is 6.54 Å². The molecule has 0 aromatic heterocycles. The van der Waals surface area contributed by atoms with Crippen LogP contribution in [0.5, 0.6) is 0 Å². The number of rotatable bonds is 3. The van der Waals surface area contributed by atoms with Gasteiger partial charge in [-0.05, 0) is 5.56 Å². The largest absolute Gasteiger partial charge is 0.402 e. The van der Waals surface area contributed by atoms with Crippen molar-refractivity contribution >= 4 is 0 Å². The highest BCUT2D eigenvalue weighted by molar-refractivity contribution is 5.21. The molecule has 1 unspecified atom stereocenters. The van der Waals surface area contributed by atoms with Crippen LogP contribution in [0.15, 0.2) is 30.3 Å². The molecule has 0 bridgehead atoms. The minimum Gasteiger partial charge on any atom is -0.265 e. The van der Waals surface area contributed by atoms with Gasteiger partial charge in [0.1, 0.15) is 5.92 Å². The van der Waals surface area contributed by atoms with Crippen LogP contribution in [0.4, 0.5) is 13.2 Å². The Morgan fingerprint density at radius 2 is 1.80 bits per heavy atom. The Balaban J connectivity index is 2.97. The van der Waals surface area contributed by atoms with E-state index in [4.69, 9.17) is 0 Å². The van der Waals surface area contributed by atoms with Gasteiger partial charge in [-0.1, -0.05) is 30.3 Å². The highest BCUT2D eigenvalue weighted by Gasteiger charge is 2.44. The molecule has 82 valence electrons. The Kier molecular flexibility index (Phi) is 3.28. The van der Waals surface area contributed by atoms with E-state index in [1.165, 1.54) is 24.3 Å². The van der Waals surface area contributed by atoms with Crippen molar-refractivity contribution < 1.29 is 18.1 Å². The Bertz CT molecular complexity index is 337. The van der Waals surface area contributed by atoms with Crippen LogP contribution in [0, 0.1) is 10.1 Å². The van der Waals surface area contributed by atoms with E-state index < -0.39 is 23.6 Å². The average molecular weight is 219 g/mol. The third kappa shape index (κ3) is 3.23. The molecule has 15 heavy (non-hydrogen) atoms. The summed E-state index contributed by atoms with van der Waals surface area (Å²) in [7, 11) is 0. The van der Waals surface area contributed by atoms with Crippen molar-refractivity contribution in [1.82, 2.24) is 0 Å². The lowest BCUT2D eigenvalue weighted by Gasteiger charge is -2.16. The molecule has 0 aliphatic carbocycles. The van der Waals surface area contributed by atoms with Crippen molar-refractivity contribution in [2.45, 2.75) is 12.1 Å². The molecule has 0 N–H and O–H groups in total. The SMILES string of the molecule is O=[N+]([O-])CC(c1ccccc1)C(F)(F)F. The Hall–Kier alpha value is -1.59. The van der Waals surface area contributed by atoms with Gasteiger partial charge in [0.25, 0.3) is 0 Å². The third-order valence-electron chi connectivity index (χ3n) is 1.93. The summed E-state index contributed by atoms with van der Waals surface area (Å²) in [6.45, 7) is -1.13. The van der Waals surface area contributed by atoms with Gasteiger partial charge in [-0.3, -0.25) is 10.1 Å². The molecule has 6 heteroatoms. The molecule has 0 saturated carbocycles. The summed E-state index contributed by atoms with van der Waals surface area (Å²) in [4.78, 5) is 9.18. The maximum absolute atomic E-state index is 12.5. The lowest BCUT2D eigenvalue weighted by atomic mass is 9.99. The maximum atomic E-state index is 12.5. The number of hydrogen-bond donors (Lipinski definition) is 0. The summed E-state index contributed by atoms with van der Waals surface area (Å²) < 4.78 is 37.4. The van der Waals surface area contributed by atoms with E-state index in [1.54, 1.807) is 6.07 Å². The first kappa shape index (κ1) is 11.5. The quantitative estimate of drug-likeness (QED) is 0.579. The van der Waals surface area contributed by atoms with Crippen molar-refractivity contribution in [2.24, 2.45) is 0 Å². The predicted molar refractivity (Wildman–Crippen MR) is 47.1 cm³/mol. The number of hydrogen-bond acceptors (Lipinski definition) is 2. The molecule has 0 aliphatic rings. The van der Waals surface area contributed by atoms with E-state index >= 15 is 0 Å². The fraction of sp³-hybridized carbons (Fsp3) is 0.333. The van der Waals surface area contributed by atoms with Gasteiger partial charge in [-0.15, -0.1) is 0 Å². The molecule has 0 fully saturated rings. The van der Waals surface area contributed by atoms with E-state index in [2.05, 4.69) is 0 Å². The van der Waals surface area contributed by atoms with E-state index in [9.17, 15) is 23.3 Å². The van der Waals surface area contributed by atoms with Crippen molar-refractivity contribution in [3.63, 3.8) is 0 Å². The molecule has 1 aromatic rings. The van der Waals surface area contributed by atoms with Crippen molar-refractivity contribution in [3.05, 3.63) is 46.0 Å². The second-order valence-corrected chi connectivity index (χ2v) is 3.02. The normalized spacial score (nSPS) is 13.5. The molecule has 0 saturated heterocycles. The standard InChI is InChI=1S/C9H8F3NO2/c10-9(11,12)8(6-13(14)15)7-4-2-1-3-5-7/h1-5,8H,6H2. The highest BCUT2D eigenvalue weighted by atomic mass is 19.4. The monoisotopic (exact) mass is 219 g/mol. The van der Waals surface area contributed by atoms with Gasteiger partial charge in [0, 0.05) is 4.92 Å². The molecular formula is C9H8F3NO2. The summed E-state index contributed by atoms with van der Waals surface area (Å²) in [5.74, 6) is -2.03. The number of alkyl halides is 3. The summed E-state index contributed by atoms with van der Waals surface area (Å²) in [5, 5.41) is 10.1. The molecule has 1 rings (SSSR count). The zero-order valence-electron chi connectivity index (χ0n) is 7.57. The molecule has 1 atom stereocenters. The lowest BCUT2D eigenvalue weighted by molar-refractivity contribution is -0.490.